The second-order valence-corrected chi connectivity index (χ2v) is 8.02. The quantitative estimate of drug-likeness (QED) is 0.450. The van der Waals surface area contributed by atoms with Crippen LogP contribution in [0.1, 0.15) is 23.2 Å². The van der Waals surface area contributed by atoms with Gasteiger partial charge < -0.3 is 35.8 Å². The van der Waals surface area contributed by atoms with E-state index in [0.29, 0.717) is 25.1 Å². The average Bonchev–Trinajstić information content (AvgIpc) is 2.99. The fraction of sp³-hybridized carbons (Fsp3) is 0.348. The van der Waals surface area contributed by atoms with Crippen LogP contribution in [0.25, 0.3) is 0 Å². The van der Waals surface area contributed by atoms with Crippen LogP contribution in [0, 0.1) is 0 Å². The monoisotopic (exact) mass is 510 g/mol. The van der Waals surface area contributed by atoms with Gasteiger partial charge in [-0.15, -0.1) is 13.2 Å². The zero-order valence-electron chi connectivity index (χ0n) is 19.0. The van der Waals surface area contributed by atoms with Gasteiger partial charge in [0.15, 0.2) is 6.61 Å². The number of nitrogens with one attached hydrogen (secondary N) is 2. The third-order valence-electron chi connectivity index (χ3n) is 5.25. The highest BCUT2D eigenvalue weighted by Gasteiger charge is 2.31. The Morgan fingerprint density at radius 3 is 2.31 bits per heavy atom. The number of urea groups is 1. The number of halogens is 3. The highest BCUT2D eigenvalue weighted by atomic mass is 19.4. The summed E-state index contributed by atoms with van der Waals surface area (Å²) in [5.74, 6) is -1.20. The molecule has 0 radical (unpaired) electrons. The van der Waals surface area contributed by atoms with Crippen LogP contribution >= 0.6 is 0 Å². The van der Waals surface area contributed by atoms with Crippen molar-refractivity contribution in [3.8, 4) is 11.5 Å². The lowest BCUT2D eigenvalue weighted by Crippen LogP contribution is -2.50. The zero-order valence-corrected chi connectivity index (χ0v) is 19.0. The zero-order chi connectivity index (χ0) is 26.3. The van der Waals surface area contributed by atoms with E-state index in [1.807, 2.05) is 0 Å². The van der Waals surface area contributed by atoms with Crippen molar-refractivity contribution in [2.24, 2.45) is 5.73 Å². The molecular formula is C23H25F3N4O6. The van der Waals surface area contributed by atoms with E-state index in [2.05, 4.69) is 15.4 Å². The standard InChI is InChI=1S/C23H25F3N4O6/c24-23(25,26)36-17-9-5-15(6-10-17)28-22(34)30-11-1-2-19(31)18(12-30)29-21(33)14-3-7-16(8-4-14)35-13-20(27)32/h3-10,18-19,31H,1-2,11-13H2,(H2,27,32)(H,28,34)(H,29,33)/t18-,19+/m0/s1. The largest absolute Gasteiger partial charge is 0.573 e. The van der Waals surface area contributed by atoms with E-state index in [4.69, 9.17) is 10.5 Å². The molecule has 0 aliphatic carbocycles. The summed E-state index contributed by atoms with van der Waals surface area (Å²) in [5, 5.41) is 15.8. The molecule has 0 aromatic heterocycles. The molecule has 1 aliphatic heterocycles. The fourth-order valence-electron chi connectivity index (χ4n) is 3.52. The fourth-order valence-corrected chi connectivity index (χ4v) is 3.52. The van der Waals surface area contributed by atoms with Gasteiger partial charge in [-0.05, 0) is 61.4 Å². The van der Waals surface area contributed by atoms with E-state index in [1.54, 1.807) is 0 Å². The first-order chi connectivity index (χ1) is 17.0. The highest BCUT2D eigenvalue weighted by Crippen LogP contribution is 2.24. The number of rotatable bonds is 7. The molecule has 0 bridgehead atoms. The van der Waals surface area contributed by atoms with E-state index in [-0.39, 0.29) is 24.4 Å². The molecule has 5 N–H and O–H groups in total. The van der Waals surface area contributed by atoms with Crippen molar-refractivity contribution in [1.29, 1.82) is 0 Å². The Morgan fingerprint density at radius 2 is 1.69 bits per heavy atom. The number of nitrogens with zero attached hydrogens (tertiary/aromatic N) is 1. The number of ether oxygens (including phenoxy) is 2. The van der Waals surface area contributed by atoms with Gasteiger partial charge in [0, 0.05) is 24.3 Å². The van der Waals surface area contributed by atoms with Crippen molar-refractivity contribution >= 4 is 23.5 Å². The molecule has 0 spiro atoms. The summed E-state index contributed by atoms with van der Waals surface area (Å²) in [7, 11) is 0. The van der Waals surface area contributed by atoms with Gasteiger partial charge in [-0.1, -0.05) is 0 Å². The van der Waals surface area contributed by atoms with Gasteiger partial charge in [-0.3, -0.25) is 9.59 Å². The third kappa shape index (κ3) is 8.05. The normalized spacial score (nSPS) is 18.1. The number of likely N-dealkylation sites (tertiary alicyclic amines) is 1. The molecule has 1 aliphatic rings. The molecule has 2 aromatic carbocycles. The van der Waals surface area contributed by atoms with Gasteiger partial charge >= 0.3 is 12.4 Å². The Kier molecular flexibility index (Phi) is 8.59. The van der Waals surface area contributed by atoms with Crippen molar-refractivity contribution in [2.75, 3.05) is 25.0 Å². The number of aliphatic hydroxyl groups is 1. The number of anilines is 1. The van der Waals surface area contributed by atoms with Crippen LogP contribution in [-0.2, 0) is 4.79 Å². The van der Waals surface area contributed by atoms with Crippen LogP contribution < -0.4 is 25.8 Å². The van der Waals surface area contributed by atoms with Crippen LogP contribution in [0.15, 0.2) is 48.5 Å². The number of benzene rings is 2. The first-order valence-corrected chi connectivity index (χ1v) is 10.9. The van der Waals surface area contributed by atoms with E-state index in [1.165, 1.54) is 41.3 Å². The molecule has 1 fully saturated rings. The number of hydrogen-bond acceptors (Lipinski definition) is 6. The predicted octanol–water partition coefficient (Wildman–Crippen LogP) is 2.24. The maximum atomic E-state index is 12.8. The molecule has 4 amide bonds. The lowest BCUT2D eigenvalue weighted by atomic mass is 10.1. The van der Waals surface area contributed by atoms with Crippen LogP contribution in [0.2, 0.25) is 0 Å². The van der Waals surface area contributed by atoms with Crippen molar-refractivity contribution in [1.82, 2.24) is 10.2 Å². The SMILES string of the molecule is NC(=O)COc1ccc(C(=O)N[C@H]2CN(C(=O)Nc3ccc(OC(F)(F)F)cc3)CCC[C@H]2O)cc1. The van der Waals surface area contributed by atoms with Crippen molar-refractivity contribution in [2.45, 2.75) is 31.3 Å². The van der Waals surface area contributed by atoms with E-state index >= 15 is 0 Å². The molecule has 10 nitrogen and oxygen atoms in total. The summed E-state index contributed by atoms with van der Waals surface area (Å²) in [6.45, 7) is 0.00738. The van der Waals surface area contributed by atoms with E-state index in [9.17, 15) is 32.7 Å². The number of aliphatic hydroxyl groups excluding tert-OH is 1. The molecule has 0 saturated carbocycles. The average molecular weight is 510 g/mol. The number of amides is 4. The van der Waals surface area contributed by atoms with Crippen molar-refractivity contribution in [3.05, 3.63) is 54.1 Å². The summed E-state index contributed by atoms with van der Waals surface area (Å²) in [4.78, 5) is 37.7. The van der Waals surface area contributed by atoms with Gasteiger partial charge in [0.1, 0.15) is 11.5 Å². The number of nitrogens with two attached hydrogens (primary N) is 1. The Morgan fingerprint density at radius 1 is 1.06 bits per heavy atom. The maximum Gasteiger partial charge on any atom is 0.573 e. The molecule has 13 heteroatoms. The van der Waals surface area contributed by atoms with E-state index in [0.717, 1.165) is 12.1 Å². The Balaban J connectivity index is 1.59. The van der Waals surface area contributed by atoms with Crippen LogP contribution in [-0.4, -0.2) is 66.1 Å². The lowest BCUT2D eigenvalue weighted by Gasteiger charge is -2.27. The molecule has 0 unspecified atom stereocenters. The number of alkyl halides is 3. The van der Waals surface area contributed by atoms with Crippen molar-refractivity contribution in [3.63, 3.8) is 0 Å². The molecule has 3 rings (SSSR count). The van der Waals surface area contributed by atoms with Crippen LogP contribution in [0.5, 0.6) is 11.5 Å². The predicted molar refractivity (Wildman–Crippen MR) is 121 cm³/mol. The Labute approximate surface area is 204 Å². The summed E-state index contributed by atoms with van der Waals surface area (Å²) in [6.07, 6.45) is -4.90. The molecule has 194 valence electrons. The second-order valence-electron chi connectivity index (χ2n) is 8.02. The summed E-state index contributed by atoms with van der Waals surface area (Å²) < 4.78 is 45.9. The minimum Gasteiger partial charge on any atom is -0.484 e. The summed E-state index contributed by atoms with van der Waals surface area (Å²) >= 11 is 0. The van der Waals surface area contributed by atoms with Crippen LogP contribution in [0.4, 0.5) is 23.7 Å². The van der Waals surface area contributed by atoms with Gasteiger partial charge in [-0.2, -0.15) is 0 Å². The number of primary amides is 1. The van der Waals surface area contributed by atoms with Gasteiger partial charge in [0.05, 0.1) is 12.1 Å². The van der Waals surface area contributed by atoms with Gasteiger partial charge in [0.25, 0.3) is 11.8 Å². The number of carbonyl (C=O) groups excluding carboxylic acids is 3. The Hall–Kier alpha value is -4.00. The first-order valence-electron chi connectivity index (χ1n) is 10.9. The minimum atomic E-state index is -4.82. The number of hydrogen-bond donors (Lipinski definition) is 4. The first kappa shape index (κ1) is 26.6. The third-order valence-corrected chi connectivity index (χ3v) is 5.25. The van der Waals surface area contributed by atoms with E-state index < -0.39 is 42.1 Å². The van der Waals surface area contributed by atoms with Gasteiger partial charge in [0.2, 0.25) is 0 Å². The minimum absolute atomic E-state index is 0.00775. The summed E-state index contributed by atoms with van der Waals surface area (Å²) in [6, 6.07) is 9.31. The molecule has 2 aromatic rings. The van der Waals surface area contributed by atoms with Crippen molar-refractivity contribution < 1.29 is 42.1 Å². The smallest absolute Gasteiger partial charge is 0.484 e. The molecule has 1 saturated heterocycles. The molecule has 2 atom stereocenters. The highest BCUT2D eigenvalue weighted by molar-refractivity contribution is 5.94. The van der Waals surface area contributed by atoms with Gasteiger partial charge in [-0.25, -0.2) is 4.79 Å². The topological polar surface area (TPSA) is 143 Å². The number of carbonyl (C=O) groups is 3. The Bertz CT molecular complexity index is 1060. The molecule has 36 heavy (non-hydrogen) atoms. The lowest BCUT2D eigenvalue weighted by molar-refractivity contribution is -0.274. The second kappa shape index (κ2) is 11.6. The summed E-state index contributed by atoms with van der Waals surface area (Å²) in [5.41, 5.74) is 5.55. The molecular weight excluding hydrogens is 485 g/mol. The maximum absolute atomic E-state index is 12.8. The molecule has 1 heterocycles. The van der Waals surface area contributed by atoms with Crippen LogP contribution in [0.3, 0.4) is 0 Å².